The number of amides is 1. The SMILES string of the molecule is CCC(CC)(CN)NC(=O)CSC1CCS(=O)(=O)C1.Cl. The zero-order valence-electron chi connectivity index (χ0n) is 12.1. The molecule has 8 heteroatoms. The average molecular weight is 345 g/mol. The zero-order chi connectivity index (χ0) is 14.5. The smallest absolute Gasteiger partial charge is 0.230 e. The molecule has 0 bridgehead atoms. The van der Waals surface area contributed by atoms with Crippen LogP contribution in [0.4, 0.5) is 0 Å². The molecule has 1 amide bonds. The van der Waals surface area contributed by atoms with E-state index in [1.807, 2.05) is 13.8 Å². The Hall–Kier alpha value is 0.0200. The summed E-state index contributed by atoms with van der Waals surface area (Å²) in [7, 11) is -2.87. The van der Waals surface area contributed by atoms with E-state index < -0.39 is 9.84 Å². The Labute approximate surface area is 132 Å². The van der Waals surface area contributed by atoms with Gasteiger partial charge in [0.2, 0.25) is 5.91 Å². The Kier molecular flexibility index (Phi) is 8.47. The third kappa shape index (κ3) is 5.79. The molecule has 3 N–H and O–H groups in total. The highest BCUT2D eigenvalue weighted by molar-refractivity contribution is 8.02. The Morgan fingerprint density at radius 3 is 2.40 bits per heavy atom. The van der Waals surface area contributed by atoms with Crippen LogP contribution in [0, 0.1) is 0 Å². The molecule has 1 saturated heterocycles. The van der Waals surface area contributed by atoms with Gasteiger partial charge in [-0.1, -0.05) is 13.8 Å². The lowest BCUT2D eigenvalue weighted by Crippen LogP contribution is -2.53. The highest BCUT2D eigenvalue weighted by atomic mass is 35.5. The van der Waals surface area contributed by atoms with Gasteiger partial charge in [0.1, 0.15) is 0 Å². The van der Waals surface area contributed by atoms with Crippen molar-refractivity contribution in [2.75, 3.05) is 23.8 Å². The van der Waals surface area contributed by atoms with Crippen LogP contribution in [0.25, 0.3) is 0 Å². The summed E-state index contributed by atoms with van der Waals surface area (Å²) in [6, 6.07) is 0. The van der Waals surface area contributed by atoms with Crippen molar-refractivity contribution in [3.05, 3.63) is 0 Å². The van der Waals surface area contributed by atoms with E-state index >= 15 is 0 Å². The molecule has 0 aromatic carbocycles. The summed E-state index contributed by atoms with van der Waals surface area (Å²) in [5, 5.41) is 3.05. The molecule has 1 fully saturated rings. The first kappa shape index (κ1) is 20.0. The van der Waals surface area contributed by atoms with Gasteiger partial charge in [-0.3, -0.25) is 4.79 Å². The molecule has 1 rings (SSSR count). The van der Waals surface area contributed by atoms with Crippen LogP contribution in [0.1, 0.15) is 33.1 Å². The van der Waals surface area contributed by atoms with Crippen LogP contribution in [0.3, 0.4) is 0 Å². The number of nitrogens with two attached hydrogens (primary N) is 1. The van der Waals surface area contributed by atoms with Crippen LogP contribution in [0.15, 0.2) is 0 Å². The van der Waals surface area contributed by atoms with Crippen molar-refractivity contribution in [3.63, 3.8) is 0 Å². The predicted molar refractivity (Wildman–Crippen MR) is 87.3 cm³/mol. The molecule has 0 aromatic heterocycles. The van der Waals surface area contributed by atoms with E-state index in [4.69, 9.17) is 5.73 Å². The number of rotatable bonds is 7. The second-order valence-electron chi connectivity index (χ2n) is 5.08. The fourth-order valence-electron chi connectivity index (χ4n) is 2.18. The van der Waals surface area contributed by atoms with Gasteiger partial charge in [-0.15, -0.1) is 24.2 Å². The van der Waals surface area contributed by atoms with Crippen LogP contribution >= 0.6 is 24.2 Å². The van der Waals surface area contributed by atoms with E-state index in [-0.39, 0.29) is 40.6 Å². The predicted octanol–water partition coefficient (Wildman–Crippen LogP) is 0.962. The lowest BCUT2D eigenvalue weighted by atomic mass is 9.93. The van der Waals surface area contributed by atoms with Crippen LogP contribution in [-0.2, 0) is 14.6 Å². The molecule has 5 nitrogen and oxygen atoms in total. The zero-order valence-corrected chi connectivity index (χ0v) is 14.5. The van der Waals surface area contributed by atoms with Crippen LogP contribution in [-0.4, -0.2) is 48.9 Å². The Morgan fingerprint density at radius 2 is 2.00 bits per heavy atom. The minimum absolute atomic E-state index is 0. The molecule has 1 aliphatic rings. The lowest BCUT2D eigenvalue weighted by molar-refractivity contribution is -0.120. The monoisotopic (exact) mass is 344 g/mol. The molecule has 0 aliphatic carbocycles. The summed E-state index contributed by atoms with van der Waals surface area (Å²) >= 11 is 1.43. The normalized spacial score (nSPS) is 21.2. The molecule has 120 valence electrons. The maximum Gasteiger partial charge on any atom is 0.230 e. The summed E-state index contributed by atoms with van der Waals surface area (Å²) in [6.45, 7) is 4.44. The number of hydrogen-bond acceptors (Lipinski definition) is 5. The molecule has 0 radical (unpaired) electrons. The minimum atomic E-state index is -2.87. The third-order valence-corrected chi connectivity index (χ3v) is 7.07. The molecule has 0 saturated carbocycles. The molecular formula is C12H25ClN2O3S2. The van der Waals surface area contributed by atoms with E-state index in [1.165, 1.54) is 11.8 Å². The fraction of sp³-hybridized carbons (Fsp3) is 0.917. The number of carbonyl (C=O) groups is 1. The summed E-state index contributed by atoms with van der Waals surface area (Å²) in [4.78, 5) is 11.9. The van der Waals surface area contributed by atoms with E-state index in [0.29, 0.717) is 18.7 Å². The Bertz CT molecular complexity index is 403. The number of halogens is 1. The summed E-state index contributed by atoms with van der Waals surface area (Å²) in [5.74, 6) is 0.711. The summed E-state index contributed by atoms with van der Waals surface area (Å²) < 4.78 is 22.6. The maximum absolute atomic E-state index is 11.9. The first-order valence-electron chi connectivity index (χ1n) is 6.69. The van der Waals surface area contributed by atoms with Crippen molar-refractivity contribution in [3.8, 4) is 0 Å². The molecule has 1 heterocycles. The molecular weight excluding hydrogens is 320 g/mol. The molecule has 0 aromatic rings. The Morgan fingerprint density at radius 1 is 1.40 bits per heavy atom. The standard InChI is InChI=1S/C12H24N2O3S2.ClH/c1-3-12(4-2,9-13)14-11(15)7-18-10-5-6-19(16,17)8-10;/h10H,3-9,13H2,1-2H3,(H,14,15);1H. The third-order valence-electron chi connectivity index (χ3n) is 3.79. The molecule has 1 unspecified atom stereocenters. The second kappa shape index (κ2) is 8.46. The fourth-order valence-corrected chi connectivity index (χ4v) is 5.63. The second-order valence-corrected chi connectivity index (χ2v) is 8.59. The summed E-state index contributed by atoms with van der Waals surface area (Å²) in [6.07, 6.45) is 2.26. The van der Waals surface area contributed by atoms with Gasteiger partial charge in [0.25, 0.3) is 0 Å². The van der Waals surface area contributed by atoms with Crippen molar-refractivity contribution >= 4 is 39.9 Å². The minimum Gasteiger partial charge on any atom is -0.349 e. The van der Waals surface area contributed by atoms with Crippen molar-refractivity contribution < 1.29 is 13.2 Å². The first-order chi connectivity index (χ1) is 8.86. The van der Waals surface area contributed by atoms with Gasteiger partial charge in [-0.2, -0.15) is 0 Å². The van der Waals surface area contributed by atoms with Gasteiger partial charge in [0.15, 0.2) is 9.84 Å². The number of sulfone groups is 1. The number of hydrogen-bond donors (Lipinski definition) is 2. The van der Waals surface area contributed by atoms with Gasteiger partial charge in [0, 0.05) is 11.8 Å². The van der Waals surface area contributed by atoms with Crippen LogP contribution in [0.5, 0.6) is 0 Å². The van der Waals surface area contributed by atoms with E-state index in [2.05, 4.69) is 5.32 Å². The molecule has 1 aliphatic heterocycles. The average Bonchev–Trinajstić information content (AvgIpc) is 2.73. The van der Waals surface area contributed by atoms with Gasteiger partial charge in [-0.05, 0) is 19.3 Å². The van der Waals surface area contributed by atoms with Crippen molar-refractivity contribution in [2.45, 2.75) is 43.9 Å². The van der Waals surface area contributed by atoms with Crippen molar-refractivity contribution in [2.24, 2.45) is 5.73 Å². The number of nitrogens with one attached hydrogen (secondary N) is 1. The molecule has 1 atom stereocenters. The molecule has 0 spiro atoms. The van der Waals surface area contributed by atoms with Gasteiger partial charge >= 0.3 is 0 Å². The highest BCUT2D eigenvalue weighted by Crippen LogP contribution is 2.24. The number of carbonyl (C=O) groups excluding carboxylic acids is 1. The summed E-state index contributed by atoms with van der Waals surface area (Å²) in [5.41, 5.74) is 5.41. The van der Waals surface area contributed by atoms with Gasteiger partial charge in [0.05, 0.1) is 22.8 Å². The van der Waals surface area contributed by atoms with Crippen molar-refractivity contribution in [1.29, 1.82) is 0 Å². The number of thioether (sulfide) groups is 1. The maximum atomic E-state index is 11.9. The highest BCUT2D eigenvalue weighted by Gasteiger charge is 2.30. The topological polar surface area (TPSA) is 89.3 Å². The first-order valence-corrected chi connectivity index (χ1v) is 9.56. The van der Waals surface area contributed by atoms with E-state index in [0.717, 1.165) is 12.8 Å². The lowest BCUT2D eigenvalue weighted by Gasteiger charge is -2.31. The van der Waals surface area contributed by atoms with E-state index in [1.54, 1.807) is 0 Å². The Balaban J connectivity index is 0.00000361. The van der Waals surface area contributed by atoms with Crippen LogP contribution in [0.2, 0.25) is 0 Å². The van der Waals surface area contributed by atoms with E-state index in [9.17, 15) is 13.2 Å². The van der Waals surface area contributed by atoms with Crippen LogP contribution < -0.4 is 11.1 Å². The largest absolute Gasteiger partial charge is 0.349 e. The van der Waals surface area contributed by atoms with Gasteiger partial charge in [-0.25, -0.2) is 8.42 Å². The van der Waals surface area contributed by atoms with Crippen molar-refractivity contribution in [1.82, 2.24) is 5.32 Å². The quantitative estimate of drug-likeness (QED) is 0.718. The molecule has 20 heavy (non-hydrogen) atoms. The van der Waals surface area contributed by atoms with Gasteiger partial charge < -0.3 is 11.1 Å².